The maximum atomic E-state index is 5.41. The summed E-state index contributed by atoms with van der Waals surface area (Å²) in [6.45, 7) is 8.85. The van der Waals surface area contributed by atoms with Crippen LogP contribution in [-0.2, 0) is 4.74 Å². The SMILES string of the molecule is CCCCCC(C)NC(C)C1CCOCC1. The van der Waals surface area contributed by atoms with Crippen LogP contribution in [0.5, 0.6) is 0 Å². The summed E-state index contributed by atoms with van der Waals surface area (Å²) >= 11 is 0. The molecule has 1 fully saturated rings. The zero-order chi connectivity index (χ0) is 11.8. The summed E-state index contributed by atoms with van der Waals surface area (Å²) in [6.07, 6.45) is 7.85. The van der Waals surface area contributed by atoms with Gasteiger partial charge in [-0.25, -0.2) is 0 Å². The second-order valence-corrected chi connectivity index (χ2v) is 5.30. The Morgan fingerprint density at radius 2 is 1.88 bits per heavy atom. The first-order valence-corrected chi connectivity index (χ1v) is 7.07. The first-order chi connectivity index (χ1) is 7.74. The minimum atomic E-state index is 0.653. The van der Waals surface area contributed by atoms with Crippen LogP contribution >= 0.6 is 0 Å². The van der Waals surface area contributed by atoms with Crippen LogP contribution in [0.2, 0.25) is 0 Å². The number of hydrogen-bond acceptors (Lipinski definition) is 2. The molecule has 2 unspecified atom stereocenters. The van der Waals surface area contributed by atoms with Crippen LogP contribution in [0.3, 0.4) is 0 Å². The fourth-order valence-electron chi connectivity index (χ4n) is 2.58. The van der Waals surface area contributed by atoms with Crippen molar-refractivity contribution in [2.24, 2.45) is 5.92 Å². The van der Waals surface area contributed by atoms with Gasteiger partial charge in [0.1, 0.15) is 0 Å². The van der Waals surface area contributed by atoms with Gasteiger partial charge in [0.05, 0.1) is 0 Å². The normalized spacial score (nSPS) is 21.9. The maximum Gasteiger partial charge on any atom is 0.0469 e. The van der Waals surface area contributed by atoms with Gasteiger partial charge in [-0.15, -0.1) is 0 Å². The summed E-state index contributed by atoms with van der Waals surface area (Å²) in [7, 11) is 0. The maximum absolute atomic E-state index is 5.41. The third kappa shape index (κ3) is 5.31. The molecule has 1 aliphatic rings. The Kier molecular flexibility index (Phi) is 7.06. The molecule has 1 aliphatic heterocycles. The van der Waals surface area contributed by atoms with E-state index in [-0.39, 0.29) is 0 Å². The minimum Gasteiger partial charge on any atom is -0.381 e. The predicted molar refractivity (Wildman–Crippen MR) is 69.7 cm³/mol. The highest BCUT2D eigenvalue weighted by Gasteiger charge is 2.21. The van der Waals surface area contributed by atoms with Gasteiger partial charge in [-0.1, -0.05) is 26.2 Å². The first-order valence-electron chi connectivity index (χ1n) is 7.07. The van der Waals surface area contributed by atoms with Gasteiger partial charge in [0, 0.05) is 25.3 Å². The van der Waals surface area contributed by atoms with E-state index in [4.69, 9.17) is 4.74 Å². The molecule has 2 nitrogen and oxygen atoms in total. The van der Waals surface area contributed by atoms with E-state index in [0.717, 1.165) is 19.1 Å². The Morgan fingerprint density at radius 3 is 2.50 bits per heavy atom. The third-order valence-electron chi connectivity index (χ3n) is 3.76. The number of nitrogens with one attached hydrogen (secondary N) is 1. The Hall–Kier alpha value is -0.0800. The first kappa shape index (κ1) is 14.0. The molecule has 1 N–H and O–H groups in total. The van der Waals surface area contributed by atoms with E-state index in [2.05, 4.69) is 26.1 Å². The van der Waals surface area contributed by atoms with Crippen molar-refractivity contribution in [3.63, 3.8) is 0 Å². The van der Waals surface area contributed by atoms with Gasteiger partial charge in [0.2, 0.25) is 0 Å². The standard InChI is InChI=1S/C14H29NO/c1-4-5-6-7-12(2)15-13(3)14-8-10-16-11-9-14/h12-15H,4-11H2,1-3H3. The van der Waals surface area contributed by atoms with Crippen LogP contribution in [0.4, 0.5) is 0 Å². The molecule has 1 saturated heterocycles. The monoisotopic (exact) mass is 227 g/mol. The largest absolute Gasteiger partial charge is 0.381 e. The molecule has 0 bridgehead atoms. The van der Waals surface area contributed by atoms with Crippen LogP contribution in [0.25, 0.3) is 0 Å². The van der Waals surface area contributed by atoms with Crippen molar-refractivity contribution < 1.29 is 4.74 Å². The lowest BCUT2D eigenvalue weighted by molar-refractivity contribution is 0.0545. The van der Waals surface area contributed by atoms with Gasteiger partial charge < -0.3 is 10.1 Å². The highest BCUT2D eigenvalue weighted by Crippen LogP contribution is 2.19. The van der Waals surface area contributed by atoms with E-state index < -0.39 is 0 Å². The van der Waals surface area contributed by atoms with Crippen LogP contribution in [0, 0.1) is 5.92 Å². The molecule has 0 aromatic carbocycles. The summed E-state index contributed by atoms with van der Waals surface area (Å²) in [4.78, 5) is 0. The molecule has 96 valence electrons. The molecule has 0 radical (unpaired) electrons. The highest BCUT2D eigenvalue weighted by molar-refractivity contribution is 4.77. The van der Waals surface area contributed by atoms with Crippen molar-refractivity contribution in [2.75, 3.05) is 13.2 Å². The predicted octanol–water partition coefficient (Wildman–Crippen LogP) is 3.36. The Bertz CT molecular complexity index is 166. The summed E-state index contributed by atoms with van der Waals surface area (Å²) < 4.78 is 5.41. The second-order valence-electron chi connectivity index (χ2n) is 5.30. The van der Waals surface area contributed by atoms with E-state index in [1.54, 1.807) is 0 Å². The molecular formula is C14H29NO. The molecule has 0 amide bonds. The summed E-state index contributed by atoms with van der Waals surface area (Å²) in [5.74, 6) is 0.822. The fraction of sp³-hybridized carbons (Fsp3) is 1.00. The van der Waals surface area contributed by atoms with Crippen molar-refractivity contribution in [3.8, 4) is 0 Å². The molecule has 1 rings (SSSR count). The van der Waals surface area contributed by atoms with E-state index in [0.29, 0.717) is 12.1 Å². The Morgan fingerprint density at radius 1 is 1.19 bits per heavy atom. The lowest BCUT2D eigenvalue weighted by Crippen LogP contribution is -2.41. The fourth-order valence-corrected chi connectivity index (χ4v) is 2.58. The Balaban J connectivity index is 2.13. The second kappa shape index (κ2) is 8.08. The average Bonchev–Trinajstić information content (AvgIpc) is 2.30. The van der Waals surface area contributed by atoms with Crippen LogP contribution < -0.4 is 5.32 Å². The quantitative estimate of drug-likeness (QED) is 0.673. The van der Waals surface area contributed by atoms with Crippen LogP contribution in [0.15, 0.2) is 0 Å². The highest BCUT2D eigenvalue weighted by atomic mass is 16.5. The van der Waals surface area contributed by atoms with Crippen LogP contribution in [-0.4, -0.2) is 25.3 Å². The minimum absolute atomic E-state index is 0.653. The van der Waals surface area contributed by atoms with Crippen molar-refractivity contribution in [2.45, 2.75) is 71.4 Å². The average molecular weight is 227 g/mol. The van der Waals surface area contributed by atoms with Gasteiger partial charge in [-0.05, 0) is 39.0 Å². The smallest absolute Gasteiger partial charge is 0.0469 e. The molecule has 2 heteroatoms. The number of hydrogen-bond donors (Lipinski definition) is 1. The third-order valence-corrected chi connectivity index (χ3v) is 3.76. The van der Waals surface area contributed by atoms with E-state index in [1.807, 2.05) is 0 Å². The summed E-state index contributed by atoms with van der Waals surface area (Å²) in [6, 6.07) is 1.32. The van der Waals surface area contributed by atoms with Crippen LogP contribution in [0.1, 0.15) is 59.3 Å². The van der Waals surface area contributed by atoms with Gasteiger partial charge in [-0.3, -0.25) is 0 Å². The topological polar surface area (TPSA) is 21.3 Å². The zero-order valence-corrected chi connectivity index (χ0v) is 11.3. The van der Waals surface area contributed by atoms with Gasteiger partial charge in [0.25, 0.3) is 0 Å². The van der Waals surface area contributed by atoms with Gasteiger partial charge >= 0.3 is 0 Å². The number of unbranched alkanes of at least 4 members (excludes halogenated alkanes) is 2. The van der Waals surface area contributed by atoms with Crippen molar-refractivity contribution >= 4 is 0 Å². The molecule has 16 heavy (non-hydrogen) atoms. The lowest BCUT2D eigenvalue weighted by atomic mass is 9.92. The summed E-state index contributed by atoms with van der Waals surface area (Å²) in [5, 5.41) is 3.75. The summed E-state index contributed by atoms with van der Waals surface area (Å²) in [5.41, 5.74) is 0. The van der Waals surface area contributed by atoms with E-state index in [1.165, 1.54) is 38.5 Å². The molecule has 1 heterocycles. The molecule has 0 aromatic heterocycles. The molecular weight excluding hydrogens is 198 g/mol. The molecule has 0 aliphatic carbocycles. The van der Waals surface area contributed by atoms with Crippen molar-refractivity contribution in [3.05, 3.63) is 0 Å². The molecule has 2 atom stereocenters. The van der Waals surface area contributed by atoms with Gasteiger partial charge in [0.15, 0.2) is 0 Å². The number of ether oxygens (including phenoxy) is 1. The lowest BCUT2D eigenvalue weighted by Gasteiger charge is -2.30. The van der Waals surface area contributed by atoms with Crippen molar-refractivity contribution in [1.29, 1.82) is 0 Å². The van der Waals surface area contributed by atoms with Crippen molar-refractivity contribution in [1.82, 2.24) is 5.32 Å². The molecule has 0 aromatic rings. The zero-order valence-electron chi connectivity index (χ0n) is 11.3. The van der Waals surface area contributed by atoms with E-state index >= 15 is 0 Å². The molecule has 0 spiro atoms. The Labute approximate surface area is 101 Å². The molecule has 0 saturated carbocycles. The number of rotatable bonds is 7. The van der Waals surface area contributed by atoms with E-state index in [9.17, 15) is 0 Å². The van der Waals surface area contributed by atoms with Gasteiger partial charge in [-0.2, -0.15) is 0 Å².